The van der Waals surface area contributed by atoms with Crippen molar-refractivity contribution in [3.8, 4) is 22.6 Å². The van der Waals surface area contributed by atoms with Gasteiger partial charge in [-0.2, -0.15) is 16.9 Å². The van der Waals surface area contributed by atoms with Gasteiger partial charge < -0.3 is 15.2 Å². The van der Waals surface area contributed by atoms with Crippen LogP contribution in [0.2, 0.25) is 0 Å². The minimum absolute atomic E-state index is 0.266. The minimum Gasteiger partial charge on any atom is -0.493 e. The number of rotatable bonds is 4. The number of ether oxygens (including phenoxy) is 2. The molecule has 3 rings (SSSR count). The van der Waals surface area contributed by atoms with Crippen molar-refractivity contribution in [2.45, 2.75) is 18.9 Å². The molecular formula is C15H19N3O2S. The van der Waals surface area contributed by atoms with Gasteiger partial charge in [0.2, 0.25) is 0 Å². The van der Waals surface area contributed by atoms with Crippen LogP contribution in [0.1, 0.15) is 12.8 Å². The molecule has 21 heavy (non-hydrogen) atoms. The van der Waals surface area contributed by atoms with Gasteiger partial charge in [-0.25, -0.2) is 0 Å². The molecule has 0 bridgehead atoms. The quantitative estimate of drug-likeness (QED) is 0.908. The second-order valence-corrected chi connectivity index (χ2v) is 6.17. The lowest BCUT2D eigenvalue weighted by molar-refractivity contribution is 0.202. The summed E-state index contributed by atoms with van der Waals surface area (Å²) < 4.78 is 11.5. The third kappa shape index (κ3) is 3.10. The van der Waals surface area contributed by atoms with Crippen molar-refractivity contribution in [2.24, 2.45) is 0 Å². The molecule has 1 aliphatic heterocycles. The van der Waals surface area contributed by atoms with Gasteiger partial charge >= 0.3 is 0 Å². The molecule has 0 saturated carbocycles. The van der Waals surface area contributed by atoms with Gasteiger partial charge in [-0.1, -0.05) is 6.07 Å². The van der Waals surface area contributed by atoms with Crippen LogP contribution in [0.4, 0.5) is 5.82 Å². The predicted octanol–water partition coefficient (Wildman–Crippen LogP) is 2.94. The van der Waals surface area contributed by atoms with E-state index in [2.05, 4.69) is 10.2 Å². The Labute approximate surface area is 128 Å². The summed E-state index contributed by atoms with van der Waals surface area (Å²) >= 11 is 1.94. The van der Waals surface area contributed by atoms with Gasteiger partial charge in [0.05, 0.1) is 13.3 Å². The SMILES string of the molecule is COc1cc(-c2cn[nH]c2N)ccc1OC1CCCSC1. The average Bonchev–Trinajstić information content (AvgIpc) is 2.95. The van der Waals surface area contributed by atoms with Crippen molar-refractivity contribution >= 4 is 17.6 Å². The minimum atomic E-state index is 0.266. The number of aromatic nitrogens is 2. The van der Waals surface area contributed by atoms with Gasteiger partial charge in [-0.3, -0.25) is 5.10 Å². The molecule has 1 saturated heterocycles. The Bertz CT molecular complexity index is 609. The molecule has 0 spiro atoms. The number of nitrogens with zero attached hydrogens (tertiary/aromatic N) is 1. The van der Waals surface area contributed by atoms with Crippen molar-refractivity contribution < 1.29 is 9.47 Å². The average molecular weight is 305 g/mol. The van der Waals surface area contributed by atoms with Gasteiger partial charge in [-0.05, 0) is 36.3 Å². The number of nitrogens with two attached hydrogens (primary N) is 1. The van der Waals surface area contributed by atoms with E-state index in [1.807, 2.05) is 30.0 Å². The lowest BCUT2D eigenvalue weighted by Gasteiger charge is -2.23. The molecule has 1 aliphatic rings. The highest BCUT2D eigenvalue weighted by atomic mass is 32.2. The smallest absolute Gasteiger partial charge is 0.161 e. The summed E-state index contributed by atoms with van der Waals surface area (Å²) in [4.78, 5) is 0. The van der Waals surface area contributed by atoms with Crippen molar-refractivity contribution in [1.29, 1.82) is 0 Å². The van der Waals surface area contributed by atoms with E-state index in [0.717, 1.165) is 34.8 Å². The Hall–Kier alpha value is -1.82. The maximum absolute atomic E-state index is 6.08. The Morgan fingerprint density at radius 1 is 1.38 bits per heavy atom. The number of benzene rings is 1. The number of nitrogens with one attached hydrogen (secondary N) is 1. The van der Waals surface area contributed by atoms with Gasteiger partial charge in [0.15, 0.2) is 11.5 Å². The molecule has 0 radical (unpaired) electrons. The molecule has 0 amide bonds. The Kier molecular flexibility index (Phi) is 4.24. The second-order valence-electron chi connectivity index (χ2n) is 5.02. The number of hydrogen-bond acceptors (Lipinski definition) is 5. The number of hydrogen-bond donors (Lipinski definition) is 2. The van der Waals surface area contributed by atoms with Gasteiger partial charge in [0.25, 0.3) is 0 Å². The lowest BCUT2D eigenvalue weighted by Crippen LogP contribution is -2.23. The van der Waals surface area contributed by atoms with E-state index < -0.39 is 0 Å². The van der Waals surface area contributed by atoms with E-state index in [0.29, 0.717) is 5.82 Å². The van der Waals surface area contributed by atoms with Gasteiger partial charge in [0.1, 0.15) is 11.9 Å². The molecule has 3 N–H and O–H groups in total. The highest BCUT2D eigenvalue weighted by molar-refractivity contribution is 7.99. The van der Waals surface area contributed by atoms with E-state index in [1.54, 1.807) is 13.3 Å². The molecule has 0 aliphatic carbocycles. The van der Waals surface area contributed by atoms with Crippen LogP contribution in [0.3, 0.4) is 0 Å². The molecule has 1 fully saturated rings. The summed E-state index contributed by atoms with van der Waals surface area (Å²) in [6, 6.07) is 5.86. The number of nitrogen functional groups attached to an aromatic ring is 1. The first-order chi connectivity index (χ1) is 10.3. The highest BCUT2D eigenvalue weighted by Gasteiger charge is 2.18. The Morgan fingerprint density at radius 2 is 2.29 bits per heavy atom. The molecule has 1 unspecified atom stereocenters. The van der Waals surface area contributed by atoms with Crippen LogP contribution >= 0.6 is 11.8 Å². The van der Waals surface area contributed by atoms with E-state index in [1.165, 1.54) is 12.2 Å². The van der Waals surface area contributed by atoms with E-state index in [9.17, 15) is 0 Å². The summed E-state index contributed by atoms with van der Waals surface area (Å²) in [5.41, 5.74) is 7.69. The largest absolute Gasteiger partial charge is 0.493 e. The molecule has 1 aromatic carbocycles. The van der Waals surface area contributed by atoms with Crippen LogP contribution in [-0.2, 0) is 0 Å². The predicted molar refractivity (Wildman–Crippen MR) is 86.0 cm³/mol. The Balaban J connectivity index is 1.83. The van der Waals surface area contributed by atoms with E-state index >= 15 is 0 Å². The fourth-order valence-electron chi connectivity index (χ4n) is 2.44. The zero-order valence-corrected chi connectivity index (χ0v) is 12.8. The number of thioether (sulfide) groups is 1. The number of H-pyrrole nitrogens is 1. The topological polar surface area (TPSA) is 73.2 Å². The van der Waals surface area contributed by atoms with Crippen molar-refractivity contribution in [2.75, 3.05) is 24.3 Å². The zero-order chi connectivity index (χ0) is 14.7. The van der Waals surface area contributed by atoms with E-state index in [-0.39, 0.29) is 6.10 Å². The maximum atomic E-state index is 6.08. The fourth-order valence-corrected chi connectivity index (χ4v) is 3.48. The molecular weight excluding hydrogens is 286 g/mol. The third-order valence-electron chi connectivity index (χ3n) is 3.56. The van der Waals surface area contributed by atoms with Crippen molar-refractivity contribution in [3.63, 3.8) is 0 Å². The monoisotopic (exact) mass is 305 g/mol. The van der Waals surface area contributed by atoms with Crippen LogP contribution in [0, 0.1) is 0 Å². The van der Waals surface area contributed by atoms with Crippen LogP contribution < -0.4 is 15.2 Å². The zero-order valence-electron chi connectivity index (χ0n) is 12.0. The maximum Gasteiger partial charge on any atom is 0.161 e. The molecule has 5 nitrogen and oxygen atoms in total. The second kappa shape index (κ2) is 6.30. The van der Waals surface area contributed by atoms with Crippen LogP contribution in [-0.4, -0.2) is 34.9 Å². The summed E-state index contributed by atoms with van der Waals surface area (Å²) in [6.45, 7) is 0. The summed E-state index contributed by atoms with van der Waals surface area (Å²) in [7, 11) is 1.65. The van der Waals surface area contributed by atoms with E-state index in [4.69, 9.17) is 15.2 Å². The first kappa shape index (κ1) is 14.1. The van der Waals surface area contributed by atoms with Crippen molar-refractivity contribution in [1.82, 2.24) is 10.2 Å². The lowest BCUT2D eigenvalue weighted by atomic mass is 10.1. The van der Waals surface area contributed by atoms with Crippen LogP contribution in [0.25, 0.3) is 11.1 Å². The molecule has 2 aromatic rings. The highest BCUT2D eigenvalue weighted by Crippen LogP contribution is 2.35. The summed E-state index contributed by atoms with van der Waals surface area (Å²) in [6.07, 6.45) is 4.29. The van der Waals surface area contributed by atoms with Crippen molar-refractivity contribution in [3.05, 3.63) is 24.4 Å². The molecule has 6 heteroatoms. The number of aromatic amines is 1. The number of anilines is 1. The molecule has 1 aromatic heterocycles. The first-order valence-electron chi connectivity index (χ1n) is 6.99. The first-order valence-corrected chi connectivity index (χ1v) is 8.15. The summed E-state index contributed by atoms with van der Waals surface area (Å²) in [5, 5.41) is 6.68. The molecule has 112 valence electrons. The molecule has 1 atom stereocenters. The fraction of sp³-hybridized carbons (Fsp3) is 0.400. The Morgan fingerprint density at radius 3 is 2.95 bits per heavy atom. The normalized spacial score (nSPS) is 18.4. The standard InChI is InChI=1S/C15H19N3O2S/c1-19-14-7-10(12-8-17-18-15(12)16)4-5-13(14)20-11-3-2-6-21-9-11/h4-5,7-8,11H,2-3,6,9H2,1H3,(H3,16,17,18). The molecule has 2 heterocycles. The van der Waals surface area contributed by atoms with Crippen LogP contribution in [0.15, 0.2) is 24.4 Å². The third-order valence-corrected chi connectivity index (χ3v) is 4.74. The van der Waals surface area contributed by atoms with Gasteiger partial charge in [-0.15, -0.1) is 0 Å². The van der Waals surface area contributed by atoms with Gasteiger partial charge in [0, 0.05) is 11.3 Å². The number of methoxy groups -OCH3 is 1. The van der Waals surface area contributed by atoms with Crippen LogP contribution in [0.5, 0.6) is 11.5 Å². The summed E-state index contributed by atoms with van der Waals surface area (Å²) in [5.74, 6) is 4.34.